The molecule has 2 amide bonds. The minimum Gasteiger partial charge on any atom is -0.497 e. The van der Waals surface area contributed by atoms with E-state index >= 15 is 0 Å². The van der Waals surface area contributed by atoms with Crippen molar-refractivity contribution in [2.45, 2.75) is 19.4 Å². The molecule has 0 heterocycles. The number of nitrogens with one attached hydrogen (secondary N) is 2. The number of benzene rings is 1. The first-order chi connectivity index (χ1) is 8.67. The summed E-state index contributed by atoms with van der Waals surface area (Å²) in [6.45, 7) is 3.33. The van der Waals surface area contributed by atoms with Gasteiger partial charge in [0.05, 0.1) is 7.11 Å². The van der Waals surface area contributed by atoms with Gasteiger partial charge in [-0.25, -0.2) is 4.79 Å². The SMILES string of the molecule is CCC(NCCNC(N)=O)c1ccc(OC)cc1. The number of nitrogens with two attached hydrogens (primary N) is 1. The van der Waals surface area contributed by atoms with Crippen LogP contribution < -0.4 is 21.1 Å². The fourth-order valence-electron chi connectivity index (χ4n) is 1.77. The van der Waals surface area contributed by atoms with Crippen molar-refractivity contribution >= 4 is 6.03 Å². The van der Waals surface area contributed by atoms with E-state index in [0.29, 0.717) is 13.1 Å². The van der Waals surface area contributed by atoms with E-state index in [0.717, 1.165) is 12.2 Å². The van der Waals surface area contributed by atoms with Crippen molar-refractivity contribution in [3.8, 4) is 5.75 Å². The number of urea groups is 1. The van der Waals surface area contributed by atoms with Gasteiger partial charge in [0.25, 0.3) is 0 Å². The minimum absolute atomic E-state index is 0.269. The Morgan fingerprint density at radius 3 is 2.50 bits per heavy atom. The van der Waals surface area contributed by atoms with Gasteiger partial charge < -0.3 is 21.1 Å². The maximum Gasteiger partial charge on any atom is 0.312 e. The third-order valence-electron chi connectivity index (χ3n) is 2.74. The van der Waals surface area contributed by atoms with Crippen LogP contribution in [0.2, 0.25) is 0 Å². The highest BCUT2D eigenvalue weighted by molar-refractivity contribution is 5.71. The number of hydrogen-bond acceptors (Lipinski definition) is 3. The molecule has 4 N–H and O–H groups in total. The number of methoxy groups -OCH3 is 1. The molecule has 1 aromatic carbocycles. The summed E-state index contributed by atoms with van der Waals surface area (Å²) in [7, 11) is 1.65. The lowest BCUT2D eigenvalue weighted by Gasteiger charge is -2.17. The Bertz CT molecular complexity index is 365. The normalized spacial score (nSPS) is 11.9. The Morgan fingerprint density at radius 2 is 2.00 bits per heavy atom. The van der Waals surface area contributed by atoms with Crippen LogP contribution in [-0.2, 0) is 0 Å². The van der Waals surface area contributed by atoms with E-state index in [1.165, 1.54) is 5.56 Å². The van der Waals surface area contributed by atoms with Crippen LogP contribution in [0.1, 0.15) is 24.9 Å². The summed E-state index contributed by atoms with van der Waals surface area (Å²) in [5.41, 5.74) is 6.20. The summed E-state index contributed by atoms with van der Waals surface area (Å²) in [4.78, 5) is 10.5. The van der Waals surface area contributed by atoms with Crippen LogP contribution in [0.15, 0.2) is 24.3 Å². The van der Waals surface area contributed by atoms with E-state index in [9.17, 15) is 4.79 Å². The molecule has 1 aromatic rings. The molecule has 0 aromatic heterocycles. The highest BCUT2D eigenvalue weighted by Gasteiger charge is 2.08. The maximum atomic E-state index is 10.5. The molecule has 0 aliphatic heterocycles. The molecule has 5 nitrogen and oxygen atoms in total. The topological polar surface area (TPSA) is 76.4 Å². The van der Waals surface area contributed by atoms with E-state index in [-0.39, 0.29) is 6.04 Å². The maximum absolute atomic E-state index is 10.5. The standard InChI is InChI=1S/C13H21N3O2/c1-3-12(15-8-9-16-13(14)17)10-4-6-11(18-2)7-5-10/h4-7,12,15H,3,8-9H2,1-2H3,(H3,14,16,17). The molecular weight excluding hydrogens is 230 g/mol. The van der Waals surface area contributed by atoms with Crippen LogP contribution in [0.3, 0.4) is 0 Å². The van der Waals surface area contributed by atoms with Gasteiger partial charge in [-0.1, -0.05) is 19.1 Å². The number of hydrogen-bond donors (Lipinski definition) is 3. The molecule has 0 saturated carbocycles. The van der Waals surface area contributed by atoms with E-state index < -0.39 is 6.03 Å². The van der Waals surface area contributed by atoms with Crippen LogP contribution in [0.4, 0.5) is 4.79 Å². The average molecular weight is 251 g/mol. The Hall–Kier alpha value is -1.75. The summed E-state index contributed by atoms with van der Waals surface area (Å²) in [6, 6.07) is 7.76. The Kier molecular flexibility index (Phi) is 6.00. The molecule has 0 radical (unpaired) electrons. The van der Waals surface area contributed by atoms with Crippen molar-refractivity contribution in [1.29, 1.82) is 0 Å². The fourth-order valence-corrected chi connectivity index (χ4v) is 1.77. The molecule has 18 heavy (non-hydrogen) atoms. The third kappa shape index (κ3) is 4.63. The highest BCUT2D eigenvalue weighted by Crippen LogP contribution is 2.19. The molecule has 1 atom stereocenters. The second-order valence-corrected chi connectivity index (χ2v) is 3.98. The summed E-state index contributed by atoms with van der Waals surface area (Å²) in [5.74, 6) is 0.851. The van der Waals surface area contributed by atoms with Crippen LogP contribution in [0.5, 0.6) is 5.75 Å². The number of carbonyl (C=O) groups is 1. The first-order valence-electron chi connectivity index (χ1n) is 6.08. The lowest BCUT2D eigenvalue weighted by Crippen LogP contribution is -2.36. The van der Waals surface area contributed by atoms with E-state index in [1.54, 1.807) is 7.11 Å². The monoisotopic (exact) mass is 251 g/mol. The molecule has 0 spiro atoms. The molecule has 0 fully saturated rings. The van der Waals surface area contributed by atoms with Gasteiger partial charge in [-0.05, 0) is 24.1 Å². The van der Waals surface area contributed by atoms with Gasteiger partial charge in [0, 0.05) is 19.1 Å². The van der Waals surface area contributed by atoms with Gasteiger partial charge in [-0.2, -0.15) is 0 Å². The number of carbonyl (C=O) groups excluding carboxylic acids is 1. The van der Waals surface area contributed by atoms with Crippen molar-refractivity contribution in [1.82, 2.24) is 10.6 Å². The zero-order valence-electron chi connectivity index (χ0n) is 10.9. The first kappa shape index (κ1) is 14.3. The molecule has 1 rings (SSSR count). The minimum atomic E-state index is -0.491. The number of ether oxygens (including phenoxy) is 1. The lowest BCUT2D eigenvalue weighted by atomic mass is 10.0. The summed E-state index contributed by atoms with van der Waals surface area (Å²) in [5, 5.41) is 5.92. The molecule has 0 bridgehead atoms. The second-order valence-electron chi connectivity index (χ2n) is 3.98. The van der Waals surface area contributed by atoms with Gasteiger partial charge in [0.2, 0.25) is 0 Å². The van der Waals surface area contributed by atoms with Crippen LogP contribution in [0, 0.1) is 0 Å². The van der Waals surface area contributed by atoms with Crippen molar-refractivity contribution < 1.29 is 9.53 Å². The predicted octanol–water partition coefficient (Wildman–Crippen LogP) is 1.40. The summed E-state index contributed by atoms with van der Waals surface area (Å²) in [6.07, 6.45) is 0.975. The van der Waals surface area contributed by atoms with Crippen LogP contribution in [0.25, 0.3) is 0 Å². The van der Waals surface area contributed by atoms with E-state index in [4.69, 9.17) is 10.5 Å². The molecule has 5 heteroatoms. The van der Waals surface area contributed by atoms with Crippen LogP contribution >= 0.6 is 0 Å². The Balaban J connectivity index is 2.46. The third-order valence-corrected chi connectivity index (χ3v) is 2.74. The smallest absolute Gasteiger partial charge is 0.312 e. The summed E-state index contributed by atoms with van der Waals surface area (Å²) >= 11 is 0. The zero-order chi connectivity index (χ0) is 13.4. The average Bonchev–Trinajstić information content (AvgIpc) is 2.39. The Morgan fingerprint density at radius 1 is 1.33 bits per heavy atom. The van der Waals surface area contributed by atoms with E-state index in [2.05, 4.69) is 17.6 Å². The Labute approximate surface area is 108 Å². The van der Waals surface area contributed by atoms with Crippen molar-refractivity contribution in [3.63, 3.8) is 0 Å². The zero-order valence-corrected chi connectivity index (χ0v) is 10.9. The van der Waals surface area contributed by atoms with Gasteiger partial charge in [-0.3, -0.25) is 0 Å². The van der Waals surface area contributed by atoms with E-state index in [1.807, 2.05) is 24.3 Å². The highest BCUT2D eigenvalue weighted by atomic mass is 16.5. The van der Waals surface area contributed by atoms with Gasteiger partial charge in [-0.15, -0.1) is 0 Å². The quantitative estimate of drug-likeness (QED) is 0.641. The molecule has 0 aliphatic rings. The summed E-state index contributed by atoms with van der Waals surface area (Å²) < 4.78 is 5.13. The largest absolute Gasteiger partial charge is 0.497 e. The molecular formula is C13H21N3O2. The predicted molar refractivity (Wildman–Crippen MR) is 71.6 cm³/mol. The second kappa shape index (κ2) is 7.55. The van der Waals surface area contributed by atoms with Gasteiger partial charge >= 0.3 is 6.03 Å². The molecule has 100 valence electrons. The first-order valence-corrected chi connectivity index (χ1v) is 6.08. The van der Waals surface area contributed by atoms with Crippen molar-refractivity contribution in [3.05, 3.63) is 29.8 Å². The molecule has 1 unspecified atom stereocenters. The van der Waals surface area contributed by atoms with Crippen molar-refractivity contribution in [2.75, 3.05) is 20.2 Å². The fraction of sp³-hybridized carbons (Fsp3) is 0.462. The number of amides is 2. The van der Waals surface area contributed by atoms with Gasteiger partial charge in [0.15, 0.2) is 0 Å². The molecule has 0 aliphatic carbocycles. The lowest BCUT2D eigenvalue weighted by molar-refractivity contribution is 0.249. The number of primary amides is 1. The number of rotatable bonds is 7. The van der Waals surface area contributed by atoms with Gasteiger partial charge in [0.1, 0.15) is 5.75 Å². The van der Waals surface area contributed by atoms with Crippen LogP contribution in [-0.4, -0.2) is 26.2 Å². The van der Waals surface area contributed by atoms with Crippen molar-refractivity contribution in [2.24, 2.45) is 5.73 Å². The molecule has 0 saturated heterocycles.